The smallest absolute Gasteiger partial charge is 0.338 e. The van der Waals surface area contributed by atoms with Crippen LogP contribution < -0.4 is 0 Å². The highest BCUT2D eigenvalue weighted by Crippen LogP contribution is 2.29. The van der Waals surface area contributed by atoms with Crippen LogP contribution in [0.15, 0.2) is 22.9 Å². The van der Waals surface area contributed by atoms with Gasteiger partial charge in [-0.3, -0.25) is 0 Å². The SMILES string of the molecule is CCC1CCCCC1OC(=O)c1ccnc(Br)c1. The van der Waals surface area contributed by atoms with Crippen molar-refractivity contribution in [1.82, 2.24) is 4.98 Å². The van der Waals surface area contributed by atoms with Crippen molar-refractivity contribution < 1.29 is 9.53 Å². The van der Waals surface area contributed by atoms with Crippen molar-refractivity contribution >= 4 is 21.9 Å². The summed E-state index contributed by atoms with van der Waals surface area (Å²) < 4.78 is 6.31. The second-order valence-electron chi connectivity index (χ2n) is 4.76. The summed E-state index contributed by atoms with van der Waals surface area (Å²) in [5.74, 6) is 0.288. The monoisotopic (exact) mass is 311 g/mol. The van der Waals surface area contributed by atoms with Gasteiger partial charge in [-0.05, 0) is 59.7 Å². The van der Waals surface area contributed by atoms with Gasteiger partial charge in [-0.15, -0.1) is 0 Å². The Kier molecular flexibility index (Phi) is 4.75. The van der Waals surface area contributed by atoms with Crippen molar-refractivity contribution in [1.29, 1.82) is 0 Å². The van der Waals surface area contributed by atoms with E-state index in [1.54, 1.807) is 18.3 Å². The fraction of sp³-hybridized carbons (Fsp3) is 0.571. The van der Waals surface area contributed by atoms with Crippen LogP contribution in [0.3, 0.4) is 0 Å². The van der Waals surface area contributed by atoms with E-state index in [4.69, 9.17) is 4.74 Å². The number of hydrogen-bond acceptors (Lipinski definition) is 3. The molecular weight excluding hydrogens is 294 g/mol. The van der Waals surface area contributed by atoms with Crippen LogP contribution in [0.1, 0.15) is 49.4 Å². The van der Waals surface area contributed by atoms with Gasteiger partial charge in [0.15, 0.2) is 0 Å². The number of carbonyl (C=O) groups excluding carboxylic acids is 1. The maximum atomic E-state index is 12.1. The van der Waals surface area contributed by atoms with Gasteiger partial charge in [0, 0.05) is 6.20 Å². The molecule has 1 aromatic rings. The second-order valence-corrected chi connectivity index (χ2v) is 5.58. The highest BCUT2D eigenvalue weighted by molar-refractivity contribution is 9.10. The van der Waals surface area contributed by atoms with Gasteiger partial charge in [-0.1, -0.05) is 13.3 Å². The molecule has 1 fully saturated rings. The molecule has 2 unspecified atom stereocenters. The molecular formula is C14H18BrNO2. The van der Waals surface area contributed by atoms with Gasteiger partial charge >= 0.3 is 5.97 Å². The Morgan fingerprint density at radius 2 is 2.28 bits per heavy atom. The van der Waals surface area contributed by atoms with Gasteiger partial charge in [0.2, 0.25) is 0 Å². The molecule has 0 N–H and O–H groups in total. The van der Waals surface area contributed by atoms with Crippen LogP contribution in [-0.4, -0.2) is 17.1 Å². The number of halogens is 1. The summed E-state index contributed by atoms with van der Waals surface area (Å²) >= 11 is 3.26. The van der Waals surface area contributed by atoms with E-state index in [1.165, 1.54) is 12.8 Å². The molecule has 98 valence electrons. The first-order valence-electron chi connectivity index (χ1n) is 6.53. The molecule has 4 heteroatoms. The van der Waals surface area contributed by atoms with E-state index in [0.29, 0.717) is 16.1 Å². The number of ether oxygens (including phenoxy) is 1. The number of nitrogens with zero attached hydrogens (tertiary/aromatic N) is 1. The van der Waals surface area contributed by atoms with Crippen molar-refractivity contribution in [2.24, 2.45) is 5.92 Å². The zero-order valence-electron chi connectivity index (χ0n) is 10.6. The Balaban J connectivity index is 2.02. The van der Waals surface area contributed by atoms with Crippen molar-refractivity contribution in [2.45, 2.75) is 45.1 Å². The summed E-state index contributed by atoms with van der Waals surface area (Å²) in [7, 11) is 0. The first-order chi connectivity index (χ1) is 8.70. The lowest BCUT2D eigenvalue weighted by Gasteiger charge is -2.30. The lowest BCUT2D eigenvalue weighted by molar-refractivity contribution is 0.000690. The molecule has 0 spiro atoms. The van der Waals surface area contributed by atoms with Gasteiger partial charge in [0.25, 0.3) is 0 Å². The average Bonchev–Trinajstić information content (AvgIpc) is 2.39. The molecule has 1 aliphatic rings. The Morgan fingerprint density at radius 1 is 1.50 bits per heavy atom. The molecule has 0 amide bonds. The van der Waals surface area contributed by atoms with E-state index in [1.807, 2.05) is 0 Å². The van der Waals surface area contributed by atoms with Crippen LogP contribution in [0.2, 0.25) is 0 Å². The molecule has 0 radical (unpaired) electrons. The number of carbonyl (C=O) groups is 1. The van der Waals surface area contributed by atoms with Gasteiger partial charge in [0.1, 0.15) is 10.7 Å². The lowest BCUT2D eigenvalue weighted by Crippen LogP contribution is -2.29. The number of rotatable bonds is 3. The third-order valence-electron chi connectivity index (χ3n) is 3.58. The van der Waals surface area contributed by atoms with Crippen molar-refractivity contribution in [2.75, 3.05) is 0 Å². The molecule has 0 saturated heterocycles. The molecule has 0 aromatic carbocycles. The summed E-state index contributed by atoms with van der Waals surface area (Å²) in [5, 5.41) is 0. The van der Waals surface area contributed by atoms with Crippen LogP contribution in [0, 0.1) is 5.92 Å². The minimum Gasteiger partial charge on any atom is -0.458 e. The quantitative estimate of drug-likeness (QED) is 0.626. The first-order valence-corrected chi connectivity index (χ1v) is 7.32. The molecule has 1 aromatic heterocycles. The Bertz CT molecular complexity index is 422. The van der Waals surface area contributed by atoms with Gasteiger partial charge in [-0.25, -0.2) is 9.78 Å². The van der Waals surface area contributed by atoms with Crippen LogP contribution in [0.5, 0.6) is 0 Å². The number of pyridine rings is 1. The minimum absolute atomic E-state index is 0.0863. The lowest BCUT2D eigenvalue weighted by atomic mass is 9.85. The normalized spacial score (nSPS) is 23.7. The largest absolute Gasteiger partial charge is 0.458 e. The molecule has 1 aliphatic carbocycles. The number of aromatic nitrogens is 1. The highest BCUT2D eigenvalue weighted by atomic mass is 79.9. The standard InChI is InChI=1S/C14H18BrNO2/c1-2-10-5-3-4-6-12(10)18-14(17)11-7-8-16-13(15)9-11/h7-10,12H,2-6H2,1H3. The molecule has 18 heavy (non-hydrogen) atoms. The fourth-order valence-corrected chi connectivity index (χ4v) is 2.90. The molecule has 1 saturated carbocycles. The minimum atomic E-state index is -0.233. The second kappa shape index (κ2) is 6.32. The van der Waals surface area contributed by atoms with Gasteiger partial charge in [0.05, 0.1) is 5.56 Å². The zero-order valence-corrected chi connectivity index (χ0v) is 12.1. The maximum Gasteiger partial charge on any atom is 0.338 e. The van der Waals surface area contributed by atoms with E-state index in [0.717, 1.165) is 19.3 Å². The number of hydrogen-bond donors (Lipinski definition) is 0. The van der Waals surface area contributed by atoms with Gasteiger partial charge in [-0.2, -0.15) is 0 Å². The Labute approximate surface area is 116 Å². The summed E-state index contributed by atoms with van der Waals surface area (Å²) in [6, 6.07) is 3.39. The summed E-state index contributed by atoms with van der Waals surface area (Å²) in [6.45, 7) is 2.17. The summed E-state index contributed by atoms with van der Waals surface area (Å²) in [4.78, 5) is 16.1. The predicted octanol–water partition coefficient (Wildman–Crippen LogP) is 3.97. The van der Waals surface area contributed by atoms with Crippen molar-refractivity contribution in [3.05, 3.63) is 28.5 Å². The van der Waals surface area contributed by atoms with Crippen LogP contribution in [0.4, 0.5) is 0 Å². The zero-order chi connectivity index (χ0) is 13.0. The molecule has 0 bridgehead atoms. The predicted molar refractivity (Wildman–Crippen MR) is 73.4 cm³/mol. The van der Waals surface area contributed by atoms with Crippen LogP contribution >= 0.6 is 15.9 Å². The van der Waals surface area contributed by atoms with E-state index >= 15 is 0 Å². The van der Waals surface area contributed by atoms with Crippen molar-refractivity contribution in [3.8, 4) is 0 Å². The van der Waals surface area contributed by atoms with Crippen molar-refractivity contribution in [3.63, 3.8) is 0 Å². The van der Waals surface area contributed by atoms with Crippen LogP contribution in [0.25, 0.3) is 0 Å². The van der Waals surface area contributed by atoms with Crippen LogP contribution in [-0.2, 0) is 4.74 Å². The third kappa shape index (κ3) is 3.31. The molecule has 3 nitrogen and oxygen atoms in total. The first kappa shape index (κ1) is 13.5. The van der Waals surface area contributed by atoms with E-state index in [2.05, 4.69) is 27.8 Å². The molecule has 2 atom stereocenters. The van der Waals surface area contributed by atoms with Gasteiger partial charge < -0.3 is 4.74 Å². The average molecular weight is 312 g/mol. The maximum absolute atomic E-state index is 12.1. The molecule has 1 heterocycles. The number of esters is 1. The van der Waals surface area contributed by atoms with E-state index in [9.17, 15) is 4.79 Å². The fourth-order valence-electron chi connectivity index (χ4n) is 2.53. The molecule has 2 rings (SSSR count). The summed E-state index contributed by atoms with van der Waals surface area (Å²) in [6.07, 6.45) is 7.37. The topological polar surface area (TPSA) is 39.2 Å². The Hall–Kier alpha value is -0.900. The Morgan fingerprint density at radius 3 is 3.00 bits per heavy atom. The highest BCUT2D eigenvalue weighted by Gasteiger charge is 2.27. The molecule has 0 aliphatic heterocycles. The summed E-state index contributed by atoms with van der Waals surface area (Å²) in [5.41, 5.74) is 0.567. The van der Waals surface area contributed by atoms with E-state index in [-0.39, 0.29) is 12.1 Å². The van der Waals surface area contributed by atoms with E-state index < -0.39 is 0 Å². The third-order valence-corrected chi connectivity index (χ3v) is 4.02.